The molecule has 0 spiro atoms. The van der Waals surface area contributed by atoms with Crippen molar-refractivity contribution in [3.05, 3.63) is 10.0 Å². The van der Waals surface area contributed by atoms with Crippen LogP contribution in [0.2, 0.25) is 5.15 Å². The zero-order chi connectivity index (χ0) is 11.5. The van der Waals surface area contributed by atoms with E-state index in [-0.39, 0.29) is 0 Å². The predicted molar refractivity (Wildman–Crippen MR) is 71.3 cm³/mol. The summed E-state index contributed by atoms with van der Waals surface area (Å²) in [5.41, 5.74) is 0. The van der Waals surface area contributed by atoms with Gasteiger partial charge in [0.25, 0.3) is 0 Å². The summed E-state index contributed by atoms with van der Waals surface area (Å²) in [6.45, 7) is 4.19. The van der Waals surface area contributed by atoms with Crippen LogP contribution in [0.3, 0.4) is 0 Å². The molecule has 0 N–H and O–H groups in total. The maximum absolute atomic E-state index is 10.7. The summed E-state index contributed by atoms with van der Waals surface area (Å²) in [5, 5.41) is 1.88. The van der Waals surface area contributed by atoms with Crippen LogP contribution in [0.5, 0.6) is 0 Å². The Morgan fingerprint density at radius 3 is 3.12 bits per heavy atom. The quantitative estimate of drug-likeness (QED) is 0.795. The molecule has 6 heteroatoms. The number of nitrogens with zero attached hydrogens (tertiary/aromatic N) is 2. The van der Waals surface area contributed by atoms with Crippen molar-refractivity contribution < 1.29 is 4.79 Å². The lowest BCUT2D eigenvalue weighted by atomic mass is 10.3. The molecule has 1 atom stereocenters. The number of hydrogen-bond acceptors (Lipinski definition) is 5. The van der Waals surface area contributed by atoms with E-state index in [1.54, 1.807) is 0 Å². The normalized spacial score (nSPS) is 21.1. The fourth-order valence-electron chi connectivity index (χ4n) is 1.65. The molecule has 0 aliphatic carbocycles. The molecule has 1 aromatic rings. The first-order valence-corrected chi connectivity index (χ1v) is 7.47. The summed E-state index contributed by atoms with van der Waals surface area (Å²) in [6, 6.07) is 0. The number of anilines is 1. The molecule has 88 valence electrons. The van der Waals surface area contributed by atoms with Gasteiger partial charge in [-0.2, -0.15) is 11.8 Å². The Bertz CT molecular complexity index is 383. The maximum atomic E-state index is 10.7. The Morgan fingerprint density at radius 1 is 1.69 bits per heavy atom. The third-order valence-corrected chi connectivity index (χ3v) is 5.38. The first kappa shape index (κ1) is 12.2. The molecule has 0 aromatic carbocycles. The Labute approximate surface area is 108 Å². The van der Waals surface area contributed by atoms with Crippen molar-refractivity contribution in [2.24, 2.45) is 0 Å². The molecular formula is C10H13ClN2OS2. The van der Waals surface area contributed by atoms with E-state index < -0.39 is 0 Å². The van der Waals surface area contributed by atoms with E-state index >= 15 is 0 Å². The number of aldehydes is 1. The highest BCUT2D eigenvalue weighted by molar-refractivity contribution is 8.00. The van der Waals surface area contributed by atoms with Crippen LogP contribution in [0.1, 0.15) is 23.0 Å². The Kier molecular flexibility index (Phi) is 4.10. The van der Waals surface area contributed by atoms with E-state index in [0.29, 0.717) is 15.3 Å². The van der Waals surface area contributed by atoms with Gasteiger partial charge in [-0.25, -0.2) is 4.98 Å². The number of halogens is 1. The number of aromatic nitrogens is 1. The first-order valence-electron chi connectivity index (χ1n) is 5.22. The summed E-state index contributed by atoms with van der Waals surface area (Å²) in [5.74, 6) is 1.12. The number of thiazole rings is 1. The number of thioether (sulfide) groups is 1. The van der Waals surface area contributed by atoms with Gasteiger partial charge in [-0.05, 0) is 6.42 Å². The topological polar surface area (TPSA) is 33.2 Å². The minimum absolute atomic E-state index is 0.335. The molecule has 0 amide bonds. The molecule has 1 saturated heterocycles. The molecule has 2 heterocycles. The Morgan fingerprint density at radius 2 is 2.50 bits per heavy atom. The van der Waals surface area contributed by atoms with Crippen molar-refractivity contribution in [2.45, 2.75) is 18.6 Å². The summed E-state index contributed by atoms with van der Waals surface area (Å²) >= 11 is 9.27. The second kappa shape index (κ2) is 5.38. The lowest BCUT2D eigenvalue weighted by molar-refractivity contribution is 0.112. The van der Waals surface area contributed by atoms with Crippen molar-refractivity contribution in [3.8, 4) is 0 Å². The summed E-state index contributed by atoms with van der Waals surface area (Å²) in [4.78, 5) is 17.7. The zero-order valence-electron chi connectivity index (χ0n) is 8.98. The number of carbonyl (C=O) groups is 1. The van der Waals surface area contributed by atoms with Gasteiger partial charge in [0, 0.05) is 24.1 Å². The third kappa shape index (κ3) is 2.52. The average Bonchev–Trinajstić information content (AvgIpc) is 2.71. The number of carbonyl (C=O) groups excluding carboxylic acids is 1. The van der Waals surface area contributed by atoms with Gasteiger partial charge < -0.3 is 4.90 Å². The van der Waals surface area contributed by atoms with Crippen LogP contribution in [0, 0.1) is 0 Å². The van der Waals surface area contributed by atoms with Crippen molar-refractivity contribution in [1.82, 2.24) is 4.98 Å². The van der Waals surface area contributed by atoms with E-state index in [1.807, 2.05) is 11.8 Å². The zero-order valence-corrected chi connectivity index (χ0v) is 11.4. The summed E-state index contributed by atoms with van der Waals surface area (Å²) in [6.07, 6.45) is 1.94. The van der Waals surface area contributed by atoms with Crippen LogP contribution >= 0.6 is 34.7 Å². The van der Waals surface area contributed by atoms with Crippen molar-refractivity contribution in [1.29, 1.82) is 0 Å². The van der Waals surface area contributed by atoms with Crippen LogP contribution in [0.15, 0.2) is 0 Å². The van der Waals surface area contributed by atoms with Crippen LogP contribution in [-0.4, -0.2) is 35.4 Å². The minimum atomic E-state index is 0.335. The van der Waals surface area contributed by atoms with Crippen LogP contribution in [0.25, 0.3) is 0 Å². The second-order valence-corrected chi connectivity index (χ2v) is 6.39. The highest BCUT2D eigenvalue weighted by Crippen LogP contribution is 2.31. The van der Waals surface area contributed by atoms with Gasteiger partial charge in [-0.1, -0.05) is 29.9 Å². The fraction of sp³-hybridized carbons (Fsp3) is 0.600. The number of hydrogen-bond donors (Lipinski definition) is 0. The van der Waals surface area contributed by atoms with Crippen LogP contribution in [-0.2, 0) is 0 Å². The predicted octanol–water partition coefficient (Wildman–Crippen LogP) is 2.94. The third-order valence-electron chi connectivity index (χ3n) is 2.57. The Balaban J connectivity index is 2.13. The average molecular weight is 277 g/mol. The molecule has 2 rings (SSSR count). The van der Waals surface area contributed by atoms with Gasteiger partial charge in [0.15, 0.2) is 16.6 Å². The maximum Gasteiger partial charge on any atom is 0.187 e. The smallest absolute Gasteiger partial charge is 0.187 e. The largest absolute Gasteiger partial charge is 0.346 e. The molecule has 16 heavy (non-hydrogen) atoms. The molecule has 0 bridgehead atoms. The van der Waals surface area contributed by atoms with Crippen LogP contribution in [0.4, 0.5) is 5.13 Å². The molecule has 1 fully saturated rings. The van der Waals surface area contributed by atoms with Gasteiger partial charge in [-0.15, -0.1) is 0 Å². The molecule has 3 nitrogen and oxygen atoms in total. The van der Waals surface area contributed by atoms with Gasteiger partial charge in [-0.3, -0.25) is 4.79 Å². The number of rotatable bonds is 3. The molecular weight excluding hydrogens is 264 g/mol. The van der Waals surface area contributed by atoms with Gasteiger partial charge in [0.05, 0.1) is 0 Å². The van der Waals surface area contributed by atoms with Crippen molar-refractivity contribution in [3.63, 3.8) is 0 Å². The highest BCUT2D eigenvalue weighted by atomic mass is 35.5. The van der Waals surface area contributed by atoms with Crippen molar-refractivity contribution >= 4 is 46.1 Å². The minimum Gasteiger partial charge on any atom is -0.346 e. The van der Waals surface area contributed by atoms with Gasteiger partial charge >= 0.3 is 0 Å². The van der Waals surface area contributed by atoms with Crippen molar-refractivity contribution in [2.75, 3.05) is 23.7 Å². The lowest BCUT2D eigenvalue weighted by Crippen LogP contribution is -2.37. The second-order valence-electron chi connectivity index (χ2n) is 3.62. The molecule has 1 aliphatic rings. The Hall–Kier alpha value is -0.260. The fourth-order valence-corrected chi connectivity index (χ4v) is 3.93. The molecule has 1 aliphatic heterocycles. The molecule has 1 unspecified atom stereocenters. The van der Waals surface area contributed by atoms with Gasteiger partial charge in [0.2, 0.25) is 0 Å². The standard InChI is InChI=1S/C10H13ClN2OS2/c1-2-7-5-13(3-4-15-7)10-12-9(11)8(6-14)16-10/h6-7H,2-5H2,1H3. The van der Waals surface area contributed by atoms with Crippen LogP contribution < -0.4 is 4.90 Å². The molecule has 0 radical (unpaired) electrons. The summed E-state index contributed by atoms with van der Waals surface area (Å²) in [7, 11) is 0. The van der Waals surface area contributed by atoms with E-state index in [9.17, 15) is 4.79 Å². The molecule has 1 aromatic heterocycles. The van der Waals surface area contributed by atoms with E-state index in [1.165, 1.54) is 17.8 Å². The van der Waals surface area contributed by atoms with E-state index in [4.69, 9.17) is 11.6 Å². The lowest BCUT2D eigenvalue weighted by Gasteiger charge is -2.31. The van der Waals surface area contributed by atoms with Gasteiger partial charge in [0.1, 0.15) is 4.88 Å². The van der Waals surface area contributed by atoms with E-state index in [2.05, 4.69) is 16.8 Å². The monoisotopic (exact) mass is 276 g/mol. The van der Waals surface area contributed by atoms with E-state index in [0.717, 1.165) is 30.3 Å². The summed E-state index contributed by atoms with van der Waals surface area (Å²) < 4.78 is 0. The highest BCUT2D eigenvalue weighted by Gasteiger charge is 2.22. The first-order chi connectivity index (χ1) is 7.74. The molecule has 0 saturated carbocycles. The SMILES string of the molecule is CCC1CN(c2nc(Cl)c(C=O)s2)CCS1.